The summed E-state index contributed by atoms with van der Waals surface area (Å²) in [5.41, 5.74) is -0.676. The minimum absolute atomic E-state index is 0.175. The number of carbonyl (C=O) groups excluding carboxylic acids is 1. The number of nitrogens with zero attached hydrogens (tertiary/aromatic N) is 2. The Morgan fingerprint density at radius 3 is 2.50 bits per heavy atom. The largest absolute Gasteiger partial charge is 0.488 e. The van der Waals surface area contributed by atoms with E-state index >= 15 is 0 Å². The van der Waals surface area contributed by atoms with Gasteiger partial charge in [0.1, 0.15) is 23.5 Å². The maximum absolute atomic E-state index is 12.1. The van der Waals surface area contributed by atoms with Crippen molar-refractivity contribution in [2.24, 2.45) is 0 Å². The van der Waals surface area contributed by atoms with E-state index in [2.05, 4.69) is 4.98 Å². The van der Waals surface area contributed by atoms with Crippen LogP contribution in [-0.2, 0) is 9.53 Å². The summed E-state index contributed by atoms with van der Waals surface area (Å²) < 4.78 is 11.0. The lowest BCUT2D eigenvalue weighted by Crippen LogP contribution is -2.43. The first-order valence-corrected chi connectivity index (χ1v) is 7.05. The van der Waals surface area contributed by atoms with Crippen molar-refractivity contribution in [1.82, 2.24) is 9.88 Å². The first kappa shape index (κ1) is 16.1. The van der Waals surface area contributed by atoms with E-state index in [1.54, 1.807) is 45.3 Å². The van der Waals surface area contributed by atoms with Crippen LogP contribution in [0, 0.1) is 0 Å². The summed E-state index contributed by atoms with van der Waals surface area (Å²) in [6.07, 6.45) is 2.36. The molecular weight excluding hydrogens is 288 g/mol. The molecule has 0 radical (unpaired) electrons. The summed E-state index contributed by atoms with van der Waals surface area (Å²) in [5.74, 6) is -0.470. The van der Waals surface area contributed by atoms with Gasteiger partial charge >= 0.3 is 12.1 Å². The standard InChI is InChI=1S/C15H20N2O5/c1-15(2,3)22-14(20)17-9-11(8-12(17)13(18)19)21-10-4-6-16-7-5-10/h4-7,11-12H,8-9H2,1-3H3,(H,18,19)/t11-,12-/m0/s1. The van der Waals surface area contributed by atoms with Gasteiger partial charge in [0.25, 0.3) is 0 Å². The molecule has 7 nitrogen and oxygen atoms in total. The zero-order valence-corrected chi connectivity index (χ0v) is 12.9. The van der Waals surface area contributed by atoms with Crippen LogP contribution in [0.15, 0.2) is 24.5 Å². The fourth-order valence-corrected chi connectivity index (χ4v) is 2.25. The van der Waals surface area contributed by atoms with Gasteiger partial charge in [0.15, 0.2) is 0 Å². The molecule has 2 rings (SSSR count). The number of carbonyl (C=O) groups is 2. The Morgan fingerprint density at radius 1 is 1.32 bits per heavy atom. The zero-order valence-electron chi connectivity index (χ0n) is 12.9. The smallest absolute Gasteiger partial charge is 0.411 e. The maximum Gasteiger partial charge on any atom is 0.411 e. The van der Waals surface area contributed by atoms with Crippen LogP contribution in [0.2, 0.25) is 0 Å². The Kier molecular flexibility index (Phi) is 4.54. The highest BCUT2D eigenvalue weighted by Crippen LogP contribution is 2.25. The average molecular weight is 308 g/mol. The average Bonchev–Trinajstić information content (AvgIpc) is 2.82. The third kappa shape index (κ3) is 4.09. The van der Waals surface area contributed by atoms with Gasteiger partial charge in [-0.05, 0) is 32.9 Å². The Labute approximate surface area is 128 Å². The number of aliphatic carboxylic acids is 1. The van der Waals surface area contributed by atoms with Gasteiger partial charge in [-0.3, -0.25) is 9.88 Å². The molecule has 1 aliphatic heterocycles. The van der Waals surface area contributed by atoms with Gasteiger partial charge in [-0.2, -0.15) is 0 Å². The Hall–Kier alpha value is -2.31. The third-order valence-corrected chi connectivity index (χ3v) is 3.13. The van der Waals surface area contributed by atoms with Crippen molar-refractivity contribution in [3.05, 3.63) is 24.5 Å². The van der Waals surface area contributed by atoms with E-state index in [0.29, 0.717) is 5.75 Å². The number of rotatable bonds is 3. The molecule has 1 aromatic rings. The van der Waals surface area contributed by atoms with Gasteiger partial charge in [-0.1, -0.05) is 0 Å². The van der Waals surface area contributed by atoms with Crippen molar-refractivity contribution >= 4 is 12.1 Å². The lowest BCUT2D eigenvalue weighted by atomic mass is 10.2. The zero-order chi connectivity index (χ0) is 16.3. The number of pyridine rings is 1. The SMILES string of the molecule is CC(C)(C)OC(=O)N1C[C@@H](Oc2ccncc2)C[C@H]1C(=O)O. The van der Waals surface area contributed by atoms with Crippen molar-refractivity contribution in [1.29, 1.82) is 0 Å². The first-order valence-electron chi connectivity index (χ1n) is 7.05. The van der Waals surface area contributed by atoms with Crippen LogP contribution in [0.25, 0.3) is 0 Å². The van der Waals surface area contributed by atoms with Crippen LogP contribution in [0.5, 0.6) is 5.75 Å². The number of ether oxygens (including phenoxy) is 2. The molecule has 22 heavy (non-hydrogen) atoms. The van der Waals surface area contributed by atoms with Crippen LogP contribution >= 0.6 is 0 Å². The molecule has 120 valence electrons. The molecule has 1 aromatic heterocycles. The fourth-order valence-electron chi connectivity index (χ4n) is 2.25. The molecule has 0 bridgehead atoms. The molecule has 1 fully saturated rings. The van der Waals surface area contributed by atoms with Gasteiger partial charge in [0, 0.05) is 18.8 Å². The second-order valence-corrected chi connectivity index (χ2v) is 6.15. The summed E-state index contributed by atoms with van der Waals surface area (Å²) in [4.78, 5) is 28.6. The lowest BCUT2D eigenvalue weighted by molar-refractivity contribution is -0.142. The number of hydrogen-bond donors (Lipinski definition) is 1. The molecule has 1 N–H and O–H groups in total. The molecule has 2 atom stereocenters. The molecule has 0 aromatic carbocycles. The normalized spacial score (nSPS) is 21.5. The van der Waals surface area contributed by atoms with Crippen LogP contribution in [0.4, 0.5) is 4.79 Å². The molecule has 0 saturated carbocycles. The van der Waals surface area contributed by atoms with E-state index in [4.69, 9.17) is 9.47 Å². The number of carboxylic acids is 1. The van der Waals surface area contributed by atoms with Gasteiger partial charge in [-0.25, -0.2) is 9.59 Å². The van der Waals surface area contributed by atoms with E-state index in [1.807, 2.05) is 0 Å². The summed E-state index contributed by atoms with van der Waals surface area (Å²) in [6.45, 7) is 5.39. The van der Waals surface area contributed by atoms with Crippen LogP contribution in [0.3, 0.4) is 0 Å². The van der Waals surface area contributed by atoms with E-state index in [0.717, 1.165) is 0 Å². The quantitative estimate of drug-likeness (QED) is 0.917. The number of aromatic nitrogens is 1. The maximum atomic E-state index is 12.1. The first-order chi connectivity index (χ1) is 10.3. The minimum Gasteiger partial charge on any atom is -0.488 e. The number of carboxylic acid groups (broad SMARTS) is 1. The molecule has 0 unspecified atom stereocenters. The second-order valence-electron chi connectivity index (χ2n) is 6.15. The van der Waals surface area contributed by atoms with Gasteiger partial charge in [0.05, 0.1) is 6.54 Å². The summed E-state index contributed by atoms with van der Waals surface area (Å²) >= 11 is 0. The molecule has 1 saturated heterocycles. The van der Waals surface area contributed by atoms with Crippen molar-refractivity contribution in [3.63, 3.8) is 0 Å². The van der Waals surface area contributed by atoms with E-state index in [9.17, 15) is 14.7 Å². The number of amides is 1. The van der Waals surface area contributed by atoms with Gasteiger partial charge in [0.2, 0.25) is 0 Å². The summed E-state index contributed by atoms with van der Waals surface area (Å²) in [6, 6.07) is 2.43. The van der Waals surface area contributed by atoms with Crippen molar-refractivity contribution in [2.45, 2.75) is 44.9 Å². The Bertz CT molecular complexity index is 541. The molecule has 2 heterocycles. The topological polar surface area (TPSA) is 89.0 Å². The Balaban J connectivity index is 2.06. The molecule has 1 amide bonds. The van der Waals surface area contributed by atoms with Crippen LogP contribution < -0.4 is 4.74 Å². The minimum atomic E-state index is -1.06. The van der Waals surface area contributed by atoms with E-state index in [1.165, 1.54) is 4.90 Å². The second kappa shape index (κ2) is 6.21. The predicted molar refractivity (Wildman–Crippen MR) is 77.6 cm³/mol. The van der Waals surface area contributed by atoms with Crippen LogP contribution in [0.1, 0.15) is 27.2 Å². The lowest BCUT2D eigenvalue weighted by Gasteiger charge is -2.26. The molecule has 0 aliphatic carbocycles. The van der Waals surface area contributed by atoms with Gasteiger partial charge < -0.3 is 14.6 Å². The summed E-state index contributed by atoms with van der Waals surface area (Å²) in [7, 11) is 0. The molecule has 7 heteroatoms. The van der Waals surface area contributed by atoms with Gasteiger partial charge in [-0.15, -0.1) is 0 Å². The monoisotopic (exact) mass is 308 g/mol. The number of likely N-dealkylation sites (tertiary alicyclic amines) is 1. The molecular formula is C15H20N2O5. The van der Waals surface area contributed by atoms with Crippen molar-refractivity contribution in [3.8, 4) is 5.75 Å². The third-order valence-electron chi connectivity index (χ3n) is 3.13. The predicted octanol–water partition coefficient (Wildman–Crippen LogP) is 1.92. The highest BCUT2D eigenvalue weighted by molar-refractivity contribution is 5.81. The van der Waals surface area contributed by atoms with Crippen molar-refractivity contribution < 1.29 is 24.2 Å². The number of hydrogen-bond acceptors (Lipinski definition) is 5. The highest BCUT2D eigenvalue weighted by Gasteiger charge is 2.42. The van der Waals surface area contributed by atoms with Crippen LogP contribution in [-0.4, -0.2) is 51.3 Å². The van der Waals surface area contributed by atoms with Crippen molar-refractivity contribution in [2.75, 3.05) is 6.54 Å². The molecule has 1 aliphatic rings. The highest BCUT2D eigenvalue weighted by atomic mass is 16.6. The Morgan fingerprint density at radius 2 is 1.95 bits per heavy atom. The summed E-state index contributed by atoms with van der Waals surface area (Å²) in [5, 5.41) is 9.30. The fraction of sp³-hybridized carbons (Fsp3) is 0.533. The van der Waals surface area contributed by atoms with E-state index < -0.39 is 29.8 Å². The van der Waals surface area contributed by atoms with E-state index in [-0.39, 0.29) is 13.0 Å². The molecule has 0 spiro atoms.